The fraction of sp³-hybridized carbons (Fsp3) is 0.696. The van der Waals surface area contributed by atoms with Gasteiger partial charge in [0.1, 0.15) is 5.75 Å². The highest BCUT2D eigenvalue weighted by molar-refractivity contribution is 5.79. The molecule has 0 saturated carbocycles. The number of benzene rings is 1. The lowest BCUT2D eigenvalue weighted by molar-refractivity contribution is 0.0170. The van der Waals surface area contributed by atoms with Gasteiger partial charge in [0.2, 0.25) is 0 Å². The number of nitrogens with one attached hydrogen (secondary N) is 2. The minimum atomic E-state index is 0.271. The Hall–Kier alpha value is -1.83. The summed E-state index contributed by atoms with van der Waals surface area (Å²) >= 11 is 0. The van der Waals surface area contributed by atoms with Crippen molar-refractivity contribution in [2.24, 2.45) is 10.9 Å². The van der Waals surface area contributed by atoms with Gasteiger partial charge in [0.05, 0.1) is 26.4 Å². The van der Waals surface area contributed by atoms with E-state index >= 15 is 0 Å². The van der Waals surface area contributed by atoms with Crippen LogP contribution in [0.2, 0.25) is 0 Å². The molecule has 7 nitrogen and oxygen atoms in total. The van der Waals surface area contributed by atoms with E-state index in [1.807, 2.05) is 19.2 Å². The summed E-state index contributed by atoms with van der Waals surface area (Å²) < 4.78 is 10.9. The summed E-state index contributed by atoms with van der Waals surface area (Å²) in [6, 6.07) is 8.68. The minimum absolute atomic E-state index is 0.271. The van der Waals surface area contributed by atoms with Gasteiger partial charge in [-0.2, -0.15) is 0 Å². The van der Waals surface area contributed by atoms with Crippen molar-refractivity contribution in [3.8, 4) is 5.75 Å². The van der Waals surface area contributed by atoms with Gasteiger partial charge in [-0.05, 0) is 63.0 Å². The summed E-state index contributed by atoms with van der Waals surface area (Å²) in [4.78, 5) is 9.36. The third-order valence-corrected chi connectivity index (χ3v) is 6.36. The monoisotopic (exact) mass is 417 g/mol. The minimum Gasteiger partial charge on any atom is -0.497 e. The first-order chi connectivity index (χ1) is 14.7. The number of ether oxygens (including phenoxy) is 2. The molecular weight excluding hydrogens is 378 g/mol. The lowest BCUT2D eigenvalue weighted by Gasteiger charge is -2.35. The highest BCUT2D eigenvalue weighted by atomic mass is 16.5. The van der Waals surface area contributed by atoms with E-state index in [4.69, 9.17) is 9.47 Å². The van der Waals surface area contributed by atoms with Gasteiger partial charge in [-0.1, -0.05) is 12.1 Å². The molecule has 1 aromatic rings. The van der Waals surface area contributed by atoms with Crippen LogP contribution in [0.3, 0.4) is 0 Å². The van der Waals surface area contributed by atoms with Gasteiger partial charge in [-0.15, -0.1) is 0 Å². The SMILES string of the molecule is CN=C(NCCC1CCN(C)CC1)NCC(c1ccc(OC)cc1)N1CCOCC1. The van der Waals surface area contributed by atoms with Crippen molar-refractivity contribution in [1.82, 2.24) is 20.4 Å². The Morgan fingerprint density at radius 3 is 2.47 bits per heavy atom. The van der Waals surface area contributed by atoms with Crippen LogP contribution < -0.4 is 15.4 Å². The van der Waals surface area contributed by atoms with Gasteiger partial charge >= 0.3 is 0 Å². The molecule has 2 aliphatic heterocycles. The average Bonchev–Trinajstić information content (AvgIpc) is 2.80. The molecule has 2 heterocycles. The topological polar surface area (TPSA) is 61.4 Å². The second kappa shape index (κ2) is 12.1. The zero-order valence-corrected chi connectivity index (χ0v) is 18.9. The molecule has 2 saturated heterocycles. The molecule has 30 heavy (non-hydrogen) atoms. The first-order valence-corrected chi connectivity index (χ1v) is 11.3. The van der Waals surface area contributed by atoms with Gasteiger partial charge in [0, 0.05) is 33.2 Å². The lowest BCUT2D eigenvalue weighted by atomic mass is 9.94. The standard InChI is InChI=1S/C23H39N5O2/c1-24-23(25-11-8-19-9-12-27(2)13-10-19)26-18-22(28-14-16-30-17-15-28)20-4-6-21(29-3)7-5-20/h4-7,19,22H,8-18H2,1-3H3,(H2,24,25,26). The number of aliphatic imine (C=N–C) groups is 1. The number of rotatable bonds is 8. The van der Waals surface area contributed by atoms with Gasteiger partial charge in [-0.3, -0.25) is 9.89 Å². The number of nitrogens with zero attached hydrogens (tertiary/aromatic N) is 3. The number of guanidine groups is 1. The maximum Gasteiger partial charge on any atom is 0.191 e. The zero-order chi connectivity index (χ0) is 21.2. The first-order valence-electron chi connectivity index (χ1n) is 11.3. The second-order valence-electron chi connectivity index (χ2n) is 8.35. The van der Waals surface area contributed by atoms with Crippen LogP contribution in [-0.4, -0.2) is 89.4 Å². The summed E-state index contributed by atoms with van der Waals surface area (Å²) in [5.74, 6) is 2.60. The summed E-state index contributed by atoms with van der Waals surface area (Å²) in [5.41, 5.74) is 1.28. The van der Waals surface area contributed by atoms with Gasteiger partial charge in [0.15, 0.2) is 5.96 Å². The molecule has 2 fully saturated rings. The quantitative estimate of drug-likeness (QED) is 0.498. The second-order valence-corrected chi connectivity index (χ2v) is 8.35. The number of methoxy groups -OCH3 is 1. The summed E-state index contributed by atoms with van der Waals surface area (Å²) in [6.07, 6.45) is 3.82. The fourth-order valence-electron chi connectivity index (χ4n) is 4.33. The van der Waals surface area contributed by atoms with E-state index in [1.165, 1.54) is 37.9 Å². The van der Waals surface area contributed by atoms with Crippen LogP contribution in [0, 0.1) is 5.92 Å². The normalized spacial score (nSPS) is 20.7. The molecule has 0 aliphatic carbocycles. The molecular formula is C23H39N5O2. The lowest BCUT2D eigenvalue weighted by Crippen LogP contribution is -2.46. The van der Waals surface area contributed by atoms with Crippen LogP contribution in [0.5, 0.6) is 5.75 Å². The number of morpholine rings is 1. The number of hydrogen-bond acceptors (Lipinski definition) is 5. The molecule has 2 N–H and O–H groups in total. The first kappa shape index (κ1) is 22.8. The van der Waals surface area contributed by atoms with Crippen LogP contribution in [0.25, 0.3) is 0 Å². The Morgan fingerprint density at radius 1 is 1.13 bits per heavy atom. The predicted molar refractivity (Wildman–Crippen MR) is 122 cm³/mol. The zero-order valence-electron chi connectivity index (χ0n) is 18.9. The van der Waals surface area contributed by atoms with E-state index in [9.17, 15) is 0 Å². The van der Waals surface area contributed by atoms with E-state index < -0.39 is 0 Å². The van der Waals surface area contributed by atoms with Crippen LogP contribution in [0.1, 0.15) is 30.9 Å². The highest BCUT2D eigenvalue weighted by Gasteiger charge is 2.23. The molecule has 0 spiro atoms. The Bertz CT molecular complexity index is 637. The largest absolute Gasteiger partial charge is 0.497 e. The molecule has 168 valence electrons. The van der Waals surface area contributed by atoms with Crippen molar-refractivity contribution in [3.05, 3.63) is 29.8 Å². The fourth-order valence-corrected chi connectivity index (χ4v) is 4.33. The van der Waals surface area contributed by atoms with Crippen molar-refractivity contribution < 1.29 is 9.47 Å². The van der Waals surface area contributed by atoms with Crippen LogP contribution in [-0.2, 0) is 4.74 Å². The maximum absolute atomic E-state index is 5.57. The number of hydrogen-bond donors (Lipinski definition) is 2. The molecule has 0 aromatic heterocycles. The van der Waals surface area contributed by atoms with E-state index in [0.29, 0.717) is 0 Å². The molecule has 3 rings (SSSR count). The number of piperidine rings is 1. The van der Waals surface area contributed by atoms with Crippen LogP contribution in [0.4, 0.5) is 0 Å². The smallest absolute Gasteiger partial charge is 0.191 e. The molecule has 7 heteroatoms. The number of likely N-dealkylation sites (tertiary alicyclic amines) is 1. The van der Waals surface area contributed by atoms with E-state index in [-0.39, 0.29) is 6.04 Å². The van der Waals surface area contributed by atoms with Crippen LogP contribution in [0.15, 0.2) is 29.3 Å². The summed E-state index contributed by atoms with van der Waals surface area (Å²) in [5, 5.41) is 7.07. The van der Waals surface area contributed by atoms with Crippen molar-refractivity contribution in [1.29, 1.82) is 0 Å². The third kappa shape index (κ3) is 6.86. The van der Waals surface area contributed by atoms with E-state index in [0.717, 1.165) is 57.0 Å². The molecule has 1 unspecified atom stereocenters. The van der Waals surface area contributed by atoms with Gasteiger partial charge in [0.25, 0.3) is 0 Å². The van der Waals surface area contributed by atoms with E-state index in [2.05, 4.69) is 44.6 Å². The van der Waals surface area contributed by atoms with Gasteiger partial charge in [-0.25, -0.2) is 0 Å². The molecule has 0 bridgehead atoms. The Labute approximate surface area is 181 Å². The summed E-state index contributed by atoms with van der Waals surface area (Å²) in [6.45, 7) is 7.69. The molecule has 0 radical (unpaired) electrons. The maximum atomic E-state index is 5.57. The average molecular weight is 418 g/mol. The van der Waals surface area contributed by atoms with Crippen molar-refractivity contribution >= 4 is 5.96 Å². The van der Waals surface area contributed by atoms with Crippen molar-refractivity contribution in [3.63, 3.8) is 0 Å². The molecule has 0 amide bonds. The van der Waals surface area contributed by atoms with Crippen molar-refractivity contribution in [2.45, 2.75) is 25.3 Å². The molecule has 1 atom stereocenters. The van der Waals surface area contributed by atoms with Crippen molar-refractivity contribution in [2.75, 3.05) is 73.7 Å². The Kier molecular flexibility index (Phi) is 9.24. The Balaban J connectivity index is 1.52. The van der Waals surface area contributed by atoms with Crippen LogP contribution >= 0.6 is 0 Å². The summed E-state index contributed by atoms with van der Waals surface area (Å²) in [7, 11) is 5.77. The van der Waals surface area contributed by atoms with Gasteiger partial charge < -0.3 is 25.0 Å². The molecule has 1 aromatic carbocycles. The molecule has 2 aliphatic rings. The van der Waals surface area contributed by atoms with E-state index in [1.54, 1.807) is 7.11 Å². The predicted octanol–water partition coefficient (Wildman–Crippen LogP) is 1.97. The highest BCUT2D eigenvalue weighted by Crippen LogP contribution is 2.24. The third-order valence-electron chi connectivity index (χ3n) is 6.36. The Morgan fingerprint density at radius 2 is 1.83 bits per heavy atom.